The van der Waals surface area contributed by atoms with Gasteiger partial charge in [0.1, 0.15) is 11.3 Å². The molecule has 0 fully saturated rings. The van der Waals surface area contributed by atoms with Crippen LogP contribution in [0.25, 0.3) is 89.0 Å². The third kappa shape index (κ3) is 5.35. The van der Waals surface area contributed by atoms with Gasteiger partial charge in [0.25, 0.3) is 0 Å². The van der Waals surface area contributed by atoms with Gasteiger partial charge >= 0.3 is 0 Å². The van der Waals surface area contributed by atoms with Gasteiger partial charge in [0, 0.05) is 34.6 Å². The molecule has 0 unspecified atom stereocenters. The van der Waals surface area contributed by atoms with E-state index in [9.17, 15) is 0 Å². The number of hydrogen-bond acceptors (Lipinski definition) is 2. The second-order valence-electron chi connectivity index (χ2n) is 16.6. The maximum atomic E-state index is 5.32. The van der Waals surface area contributed by atoms with E-state index in [1.807, 2.05) is 0 Å². The van der Waals surface area contributed by atoms with Crippen LogP contribution >= 0.6 is 0 Å². The standard InChI is InChI=1S/C59H38N4/c1-3-19-47(20-4-1)59(48-21-5-2-6-22-48)51-37-45(57-55(60-53-23-11-13-33-62(53)57)43-27-25-39-15-7-9-17-41(39)35-43)29-31-49(51)50-32-30-46(38-52(50)59)58-56(61-54-24-12-14-34-63(54)58)44-28-26-40-16-8-10-18-42(40)36-44/h1-38H. The van der Waals surface area contributed by atoms with E-state index >= 15 is 0 Å². The predicted octanol–water partition coefficient (Wildman–Crippen LogP) is 14.3. The highest BCUT2D eigenvalue weighted by Crippen LogP contribution is 2.58. The van der Waals surface area contributed by atoms with E-state index in [1.54, 1.807) is 0 Å². The summed E-state index contributed by atoms with van der Waals surface area (Å²) in [7, 11) is 0. The van der Waals surface area contributed by atoms with Gasteiger partial charge in [-0.05, 0) is 103 Å². The van der Waals surface area contributed by atoms with E-state index in [1.165, 1.54) is 54.9 Å². The van der Waals surface area contributed by atoms with Gasteiger partial charge in [0.2, 0.25) is 0 Å². The quantitative estimate of drug-likeness (QED) is 0.168. The molecule has 0 saturated heterocycles. The second kappa shape index (κ2) is 13.8. The number of aromatic nitrogens is 4. The molecule has 0 spiro atoms. The molecule has 8 aromatic carbocycles. The number of fused-ring (bicyclic) bond motifs is 7. The summed E-state index contributed by atoms with van der Waals surface area (Å²) < 4.78 is 4.50. The fourth-order valence-electron chi connectivity index (χ4n) is 10.4. The normalized spacial score (nSPS) is 12.9. The zero-order chi connectivity index (χ0) is 41.5. The molecular formula is C59H38N4. The van der Waals surface area contributed by atoms with Gasteiger partial charge < -0.3 is 0 Å². The molecule has 4 aromatic heterocycles. The Balaban J connectivity index is 1.08. The molecule has 4 nitrogen and oxygen atoms in total. The summed E-state index contributed by atoms with van der Waals surface area (Å²) in [5.74, 6) is 0. The van der Waals surface area contributed by atoms with E-state index in [0.29, 0.717) is 0 Å². The monoisotopic (exact) mass is 802 g/mol. The van der Waals surface area contributed by atoms with Crippen molar-refractivity contribution in [2.45, 2.75) is 5.41 Å². The maximum Gasteiger partial charge on any atom is 0.137 e. The molecule has 12 aromatic rings. The second-order valence-corrected chi connectivity index (χ2v) is 16.6. The Morgan fingerprint density at radius 3 is 1.17 bits per heavy atom. The van der Waals surface area contributed by atoms with Crippen LogP contribution in [-0.2, 0) is 5.41 Å². The van der Waals surface area contributed by atoms with Crippen LogP contribution in [-0.4, -0.2) is 18.8 Å². The Morgan fingerprint density at radius 2 is 0.714 bits per heavy atom. The predicted molar refractivity (Wildman–Crippen MR) is 258 cm³/mol. The summed E-state index contributed by atoms with van der Waals surface area (Å²) in [4.78, 5) is 10.6. The maximum absolute atomic E-state index is 5.32. The van der Waals surface area contributed by atoms with Gasteiger partial charge in [-0.1, -0.05) is 170 Å². The molecule has 0 aliphatic heterocycles. The lowest BCUT2D eigenvalue weighted by atomic mass is 9.67. The molecule has 1 aliphatic rings. The van der Waals surface area contributed by atoms with Crippen LogP contribution in [0, 0.1) is 0 Å². The first-order valence-electron chi connectivity index (χ1n) is 21.6. The van der Waals surface area contributed by atoms with Gasteiger partial charge in [0.15, 0.2) is 0 Å². The smallest absolute Gasteiger partial charge is 0.137 e. The van der Waals surface area contributed by atoms with Gasteiger partial charge in [-0.3, -0.25) is 8.80 Å². The molecule has 13 rings (SSSR count). The Hall–Kier alpha value is -8.34. The van der Waals surface area contributed by atoms with Crippen molar-refractivity contribution < 1.29 is 0 Å². The van der Waals surface area contributed by atoms with Crippen molar-refractivity contribution >= 4 is 32.8 Å². The van der Waals surface area contributed by atoms with Gasteiger partial charge in [-0.25, -0.2) is 9.97 Å². The van der Waals surface area contributed by atoms with Crippen molar-refractivity contribution in [3.8, 4) is 56.2 Å². The molecule has 0 saturated carbocycles. The molecule has 4 heterocycles. The molecule has 0 amide bonds. The lowest BCUT2D eigenvalue weighted by Gasteiger charge is -2.34. The molecule has 4 heteroatoms. The fraction of sp³-hybridized carbons (Fsp3) is 0.0169. The van der Waals surface area contributed by atoms with Crippen LogP contribution in [0.4, 0.5) is 0 Å². The molecule has 0 bridgehead atoms. The van der Waals surface area contributed by atoms with Crippen molar-refractivity contribution in [1.82, 2.24) is 18.8 Å². The van der Waals surface area contributed by atoms with Crippen LogP contribution in [0.3, 0.4) is 0 Å². The van der Waals surface area contributed by atoms with E-state index in [0.717, 1.165) is 56.3 Å². The van der Waals surface area contributed by atoms with E-state index < -0.39 is 5.41 Å². The SMILES string of the molecule is c1ccc(C2(c3ccccc3)c3cc(-c4c(-c5ccc6ccccc6c5)nc5ccccn45)ccc3-c3ccc(-c4c(-c5ccc6ccccc6c5)nc5ccccn45)cc32)cc1. The summed E-state index contributed by atoms with van der Waals surface area (Å²) in [5.41, 5.74) is 17.0. The first kappa shape index (κ1) is 35.4. The zero-order valence-electron chi connectivity index (χ0n) is 34.2. The van der Waals surface area contributed by atoms with Crippen LogP contribution in [0.15, 0.2) is 231 Å². The minimum absolute atomic E-state index is 0.646. The van der Waals surface area contributed by atoms with Crippen LogP contribution < -0.4 is 0 Å². The van der Waals surface area contributed by atoms with Gasteiger partial charge in [-0.2, -0.15) is 0 Å². The Bertz CT molecular complexity index is 3500. The minimum atomic E-state index is -0.646. The van der Waals surface area contributed by atoms with Crippen LogP contribution in [0.1, 0.15) is 22.3 Å². The summed E-state index contributed by atoms with van der Waals surface area (Å²) in [5, 5.41) is 4.82. The number of imidazole rings is 2. The fourth-order valence-corrected chi connectivity index (χ4v) is 10.4. The number of rotatable bonds is 6. The zero-order valence-corrected chi connectivity index (χ0v) is 34.2. The average molecular weight is 803 g/mol. The number of hydrogen-bond donors (Lipinski definition) is 0. The van der Waals surface area contributed by atoms with Crippen molar-refractivity contribution in [3.05, 3.63) is 253 Å². The highest BCUT2D eigenvalue weighted by atomic mass is 15.0. The van der Waals surface area contributed by atoms with E-state index in [-0.39, 0.29) is 0 Å². The van der Waals surface area contributed by atoms with E-state index in [4.69, 9.17) is 9.97 Å². The van der Waals surface area contributed by atoms with Crippen molar-refractivity contribution in [3.63, 3.8) is 0 Å². The third-order valence-corrected chi connectivity index (χ3v) is 13.2. The Kier molecular flexibility index (Phi) is 7.79. The molecule has 0 atom stereocenters. The number of pyridine rings is 2. The summed E-state index contributed by atoms with van der Waals surface area (Å²) in [6.45, 7) is 0. The minimum Gasteiger partial charge on any atom is -0.299 e. The highest BCUT2D eigenvalue weighted by molar-refractivity contribution is 5.95. The molecule has 294 valence electrons. The molecule has 1 aliphatic carbocycles. The Morgan fingerprint density at radius 1 is 0.317 bits per heavy atom. The van der Waals surface area contributed by atoms with Crippen molar-refractivity contribution in [2.75, 3.05) is 0 Å². The van der Waals surface area contributed by atoms with Crippen molar-refractivity contribution in [2.24, 2.45) is 0 Å². The Labute approximate surface area is 364 Å². The highest BCUT2D eigenvalue weighted by Gasteiger charge is 2.46. The molecule has 0 radical (unpaired) electrons. The summed E-state index contributed by atoms with van der Waals surface area (Å²) >= 11 is 0. The largest absolute Gasteiger partial charge is 0.299 e. The van der Waals surface area contributed by atoms with Crippen LogP contribution in [0.2, 0.25) is 0 Å². The first-order chi connectivity index (χ1) is 31.2. The van der Waals surface area contributed by atoms with E-state index in [2.05, 4.69) is 240 Å². The molecule has 0 N–H and O–H groups in total. The molecule has 63 heavy (non-hydrogen) atoms. The van der Waals surface area contributed by atoms with Gasteiger partial charge in [0.05, 0.1) is 28.2 Å². The lowest BCUT2D eigenvalue weighted by Crippen LogP contribution is -2.28. The summed E-state index contributed by atoms with van der Waals surface area (Å²) in [6.07, 6.45) is 4.28. The van der Waals surface area contributed by atoms with Crippen LogP contribution in [0.5, 0.6) is 0 Å². The average Bonchev–Trinajstić information content (AvgIpc) is 4.03. The topological polar surface area (TPSA) is 34.6 Å². The first-order valence-corrected chi connectivity index (χ1v) is 21.6. The number of nitrogens with zero attached hydrogens (tertiary/aromatic N) is 4. The number of benzene rings is 8. The van der Waals surface area contributed by atoms with Gasteiger partial charge in [-0.15, -0.1) is 0 Å². The third-order valence-electron chi connectivity index (χ3n) is 13.2. The van der Waals surface area contributed by atoms with Crippen molar-refractivity contribution in [1.29, 1.82) is 0 Å². The molecular weight excluding hydrogens is 765 g/mol. The lowest BCUT2D eigenvalue weighted by molar-refractivity contribution is 0.769. The summed E-state index contributed by atoms with van der Waals surface area (Å²) in [6, 6.07) is 79.3.